The molecular formula is C16H16N2O4S2. The number of methoxy groups -OCH3 is 2. The van der Waals surface area contributed by atoms with Crippen molar-refractivity contribution >= 4 is 31.6 Å². The van der Waals surface area contributed by atoms with E-state index >= 15 is 0 Å². The van der Waals surface area contributed by atoms with Gasteiger partial charge in [-0.2, -0.15) is 8.42 Å². The van der Waals surface area contributed by atoms with Crippen LogP contribution in [-0.2, 0) is 17.1 Å². The number of fused-ring (bicyclic) bond motifs is 1. The SMILES string of the molecule is COc1cc2sc(=NS(=O)(=O)c3ccccc3)n(C)c2cc1OC. The zero-order valence-corrected chi connectivity index (χ0v) is 15.0. The summed E-state index contributed by atoms with van der Waals surface area (Å²) in [5.74, 6) is 1.17. The Balaban J connectivity index is 2.22. The van der Waals surface area contributed by atoms with Crippen molar-refractivity contribution in [2.75, 3.05) is 14.2 Å². The van der Waals surface area contributed by atoms with E-state index in [9.17, 15) is 8.42 Å². The Morgan fingerprint density at radius 2 is 1.67 bits per heavy atom. The fraction of sp³-hybridized carbons (Fsp3) is 0.188. The average molecular weight is 364 g/mol. The van der Waals surface area contributed by atoms with Crippen LogP contribution in [0.4, 0.5) is 0 Å². The average Bonchev–Trinajstić information content (AvgIpc) is 2.89. The van der Waals surface area contributed by atoms with Gasteiger partial charge in [-0.25, -0.2) is 0 Å². The highest BCUT2D eigenvalue weighted by Gasteiger charge is 2.15. The first-order valence-electron chi connectivity index (χ1n) is 7.04. The summed E-state index contributed by atoms with van der Waals surface area (Å²) in [6.45, 7) is 0. The van der Waals surface area contributed by atoms with Gasteiger partial charge in [-0.05, 0) is 12.1 Å². The highest BCUT2D eigenvalue weighted by atomic mass is 32.2. The molecule has 0 atom stereocenters. The molecule has 3 aromatic rings. The van der Waals surface area contributed by atoms with Crippen LogP contribution in [0.5, 0.6) is 11.5 Å². The van der Waals surface area contributed by atoms with Gasteiger partial charge in [0.25, 0.3) is 10.0 Å². The summed E-state index contributed by atoms with van der Waals surface area (Å²) in [5.41, 5.74) is 0.819. The molecule has 0 spiro atoms. The summed E-state index contributed by atoms with van der Waals surface area (Å²) in [6.07, 6.45) is 0. The summed E-state index contributed by atoms with van der Waals surface area (Å²) < 4.78 is 42.1. The second kappa shape index (κ2) is 6.29. The Kier molecular flexibility index (Phi) is 4.33. The van der Waals surface area contributed by atoms with Gasteiger partial charge >= 0.3 is 0 Å². The van der Waals surface area contributed by atoms with Crippen molar-refractivity contribution in [1.82, 2.24) is 4.57 Å². The number of sulfonamides is 1. The van der Waals surface area contributed by atoms with Crippen LogP contribution in [-0.4, -0.2) is 27.2 Å². The molecule has 126 valence electrons. The van der Waals surface area contributed by atoms with E-state index in [1.54, 1.807) is 50.1 Å². The van der Waals surface area contributed by atoms with Crippen LogP contribution in [0.15, 0.2) is 51.8 Å². The minimum absolute atomic E-state index is 0.164. The van der Waals surface area contributed by atoms with Crippen molar-refractivity contribution < 1.29 is 17.9 Å². The van der Waals surface area contributed by atoms with Crippen LogP contribution < -0.4 is 14.3 Å². The van der Waals surface area contributed by atoms with Gasteiger partial charge in [0, 0.05) is 19.2 Å². The highest BCUT2D eigenvalue weighted by Crippen LogP contribution is 2.33. The van der Waals surface area contributed by atoms with Gasteiger partial charge in [0.1, 0.15) is 0 Å². The maximum atomic E-state index is 12.5. The van der Waals surface area contributed by atoms with Crippen molar-refractivity contribution in [3.8, 4) is 11.5 Å². The molecule has 3 rings (SSSR count). The topological polar surface area (TPSA) is 69.9 Å². The maximum absolute atomic E-state index is 12.5. The zero-order chi connectivity index (χ0) is 17.3. The molecule has 1 heterocycles. The maximum Gasteiger partial charge on any atom is 0.285 e. The Morgan fingerprint density at radius 3 is 2.29 bits per heavy atom. The largest absolute Gasteiger partial charge is 0.493 e. The molecule has 0 unspecified atom stereocenters. The molecular weight excluding hydrogens is 348 g/mol. The number of ether oxygens (including phenoxy) is 2. The van der Waals surface area contributed by atoms with Gasteiger partial charge in [0.2, 0.25) is 4.80 Å². The molecule has 0 bridgehead atoms. The number of hydrogen-bond donors (Lipinski definition) is 0. The molecule has 0 aliphatic rings. The Bertz CT molecular complexity index is 1050. The highest BCUT2D eigenvalue weighted by molar-refractivity contribution is 7.90. The van der Waals surface area contributed by atoms with E-state index in [-0.39, 0.29) is 4.90 Å². The monoisotopic (exact) mass is 364 g/mol. The third-order valence-electron chi connectivity index (χ3n) is 3.55. The summed E-state index contributed by atoms with van der Waals surface area (Å²) in [4.78, 5) is 0.543. The number of hydrogen-bond acceptors (Lipinski definition) is 5. The minimum Gasteiger partial charge on any atom is -0.493 e. The lowest BCUT2D eigenvalue weighted by molar-refractivity contribution is 0.356. The van der Waals surface area contributed by atoms with Crippen molar-refractivity contribution in [1.29, 1.82) is 0 Å². The first-order chi connectivity index (χ1) is 11.5. The number of nitrogens with zero attached hydrogens (tertiary/aromatic N) is 2. The molecule has 0 radical (unpaired) electrons. The fourth-order valence-electron chi connectivity index (χ4n) is 2.29. The Labute approximate surface area is 143 Å². The summed E-state index contributed by atoms with van der Waals surface area (Å²) in [6, 6.07) is 11.8. The van der Waals surface area contributed by atoms with Crippen molar-refractivity contribution in [2.24, 2.45) is 11.4 Å². The smallest absolute Gasteiger partial charge is 0.285 e. The van der Waals surface area contributed by atoms with Crippen LogP contribution in [0.3, 0.4) is 0 Å². The molecule has 0 saturated carbocycles. The summed E-state index contributed by atoms with van der Waals surface area (Å²) in [7, 11) is 1.12. The van der Waals surface area contributed by atoms with E-state index in [0.29, 0.717) is 16.3 Å². The predicted molar refractivity (Wildman–Crippen MR) is 93.1 cm³/mol. The second-order valence-electron chi connectivity index (χ2n) is 5.00. The lowest BCUT2D eigenvalue weighted by Crippen LogP contribution is -2.13. The van der Waals surface area contributed by atoms with Crippen molar-refractivity contribution in [3.63, 3.8) is 0 Å². The molecule has 0 saturated heterocycles. The molecule has 6 nitrogen and oxygen atoms in total. The summed E-state index contributed by atoms with van der Waals surface area (Å²) >= 11 is 1.28. The van der Waals surface area contributed by atoms with Crippen LogP contribution in [0.25, 0.3) is 10.2 Å². The quantitative estimate of drug-likeness (QED) is 0.713. The van der Waals surface area contributed by atoms with Gasteiger partial charge in [0.15, 0.2) is 11.5 Å². The van der Waals surface area contributed by atoms with Gasteiger partial charge in [-0.15, -0.1) is 4.40 Å². The van der Waals surface area contributed by atoms with E-state index in [0.717, 1.165) is 10.2 Å². The third kappa shape index (κ3) is 2.90. The summed E-state index contributed by atoms with van der Waals surface area (Å²) in [5, 5.41) is 0. The fourth-order valence-corrected chi connectivity index (χ4v) is 4.57. The van der Waals surface area contributed by atoms with Crippen molar-refractivity contribution in [3.05, 3.63) is 47.3 Å². The lowest BCUT2D eigenvalue weighted by Gasteiger charge is -2.07. The van der Waals surface area contributed by atoms with Crippen LogP contribution in [0.1, 0.15) is 0 Å². The second-order valence-corrected chi connectivity index (χ2v) is 7.61. The molecule has 0 aliphatic carbocycles. The minimum atomic E-state index is -3.76. The molecule has 1 aromatic heterocycles. The standard InChI is InChI=1S/C16H16N2O4S2/c1-18-12-9-13(21-2)14(22-3)10-15(12)23-16(18)17-24(19,20)11-7-5-4-6-8-11/h4-10H,1-3H3. The number of aryl methyl sites for hydroxylation is 1. The van der Waals surface area contributed by atoms with E-state index < -0.39 is 10.0 Å². The molecule has 0 N–H and O–H groups in total. The van der Waals surface area contributed by atoms with E-state index in [1.807, 2.05) is 6.07 Å². The molecule has 2 aromatic carbocycles. The first kappa shape index (κ1) is 16.5. The number of rotatable bonds is 4. The molecule has 24 heavy (non-hydrogen) atoms. The van der Waals surface area contributed by atoms with Gasteiger partial charge in [-0.1, -0.05) is 29.5 Å². The van der Waals surface area contributed by atoms with E-state index in [2.05, 4.69) is 4.40 Å². The first-order valence-corrected chi connectivity index (χ1v) is 9.29. The number of thiazole rings is 1. The van der Waals surface area contributed by atoms with Gasteiger partial charge < -0.3 is 14.0 Å². The molecule has 0 aliphatic heterocycles. The Morgan fingerprint density at radius 1 is 1.04 bits per heavy atom. The van der Waals surface area contributed by atoms with Crippen LogP contribution in [0, 0.1) is 0 Å². The third-order valence-corrected chi connectivity index (χ3v) is 6.05. The van der Waals surface area contributed by atoms with E-state index in [4.69, 9.17) is 9.47 Å². The van der Waals surface area contributed by atoms with Gasteiger partial charge in [0.05, 0.1) is 29.3 Å². The Hall–Kier alpha value is -2.32. The van der Waals surface area contributed by atoms with Crippen LogP contribution >= 0.6 is 11.3 Å². The normalized spacial score (nSPS) is 12.5. The predicted octanol–water partition coefficient (Wildman–Crippen LogP) is 2.55. The molecule has 0 fully saturated rings. The van der Waals surface area contributed by atoms with Crippen molar-refractivity contribution in [2.45, 2.75) is 4.90 Å². The van der Waals surface area contributed by atoms with Gasteiger partial charge in [-0.3, -0.25) is 0 Å². The number of benzene rings is 2. The lowest BCUT2D eigenvalue weighted by atomic mass is 10.3. The number of aromatic nitrogens is 1. The van der Waals surface area contributed by atoms with E-state index in [1.165, 1.54) is 23.5 Å². The molecule has 0 amide bonds. The van der Waals surface area contributed by atoms with Crippen LogP contribution in [0.2, 0.25) is 0 Å². The zero-order valence-electron chi connectivity index (χ0n) is 13.4. The molecule has 8 heteroatoms.